The molecule has 0 aliphatic carbocycles. The summed E-state index contributed by atoms with van der Waals surface area (Å²) in [5, 5.41) is 9.78. The minimum Gasteiger partial charge on any atom is -0.396 e. The normalized spacial score (nSPS) is 10.2. The highest BCUT2D eigenvalue weighted by Crippen LogP contribution is 2.12. The molecule has 0 aromatic carbocycles. The van der Waals surface area contributed by atoms with Crippen molar-refractivity contribution in [2.24, 2.45) is 0 Å². The summed E-state index contributed by atoms with van der Waals surface area (Å²) in [6, 6.07) is 3.64. The molecule has 2 aromatic heterocycles. The molecule has 6 heteroatoms. The average molecular weight is 218 g/mol. The lowest BCUT2D eigenvalue weighted by Crippen LogP contribution is -2.07. The third-order valence-corrected chi connectivity index (χ3v) is 2.19. The summed E-state index contributed by atoms with van der Waals surface area (Å²) in [7, 11) is 0. The van der Waals surface area contributed by atoms with E-state index in [-0.39, 0.29) is 0 Å². The third kappa shape index (κ3) is 2.69. The monoisotopic (exact) mass is 218 g/mol. The second-order valence-corrected chi connectivity index (χ2v) is 3.40. The molecule has 0 aliphatic heterocycles. The maximum absolute atomic E-state index is 5.74. The molecule has 0 radical (unpaired) electrons. The number of anilines is 2. The standard InChI is InChI=1S/C10H14N6/c11-8-3-1-5-12-10(8)13-6-2-4-9-14-7-15-16-9/h1,3,5,7H,2,4,6,11H2,(H,12,13)(H,14,15,16). The van der Waals surface area contributed by atoms with Crippen molar-refractivity contribution >= 4 is 11.5 Å². The molecule has 0 atom stereocenters. The first-order valence-electron chi connectivity index (χ1n) is 5.15. The molecule has 0 saturated heterocycles. The molecule has 0 bridgehead atoms. The molecule has 2 aromatic rings. The second kappa shape index (κ2) is 5.11. The molecule has 0 spiro atoms. The van der Waals surface area contributed by atoms with Crippen molar-refractivity contribution in [3.8, 4) is 0 Å². The quantitative estimate of drug-likeness (QED) is 0.646. The Kier molecular flexibility index (Phi) is 3.32. The van der Waals surface area contributed by atoms with Crippen molar-refractivity contribution in [1.82, 2.24) is 20.2 Å². The van der Waals surface area contributed by atoms with E-state index in [2.05, 4.69) is 25.5 Å². The fraction of sp³-hybridized carbons (Fsp3) is 0.300. The molecule has 0 fully saturated rings. The molecule has 16 heavy (non-hydrogen) atoms. The Balaban J connectivity index is 1.74. The SMILES string of the molecule is Nc1cccnc1NCCCc1ncn[nH]1. The first-order chi connectivity index (χ1) is 7.86. The van der Waals surface area contributed by atoms with Gasteiger partial charge >= 0.3 is 0 Å². The fourth-order valence-electron chi connectivity index (χ4n) is 1.38. The molecule has 2 rings (SSSR count). The zero-order chi connectivity index (χ0) is 11.2. The summed E-state index contributed by atoms with van der Waals surface area (Å²) >= 11 is 0. The van der Waals surface area contributed by atoms with Gasteiger partial charge in [0.05, 0.1) is 5.69 Å². The van der Waals surface area contributed by atoms with E-state index >= 15 is 0 Å². The number of aryl methyl sites for hydroxylation is 1. The van der Waals surface area contributed by atoms with Crippen LogP contribution in [0.2, 0.25) is 0 Å². The molecule has 84 valence electrons. The first-order valence-corrected chi connectivity index (χ1v) is 5.15. The van der Waals surface area contributed by atoms with Crippen molar-refractivity contribution in [3.63, 3.8) is 0 Å². The Hall–Kier alpha value is -2.11. The number of aromatic amines is 1. The predicted molar refractivity (Wildman–Crippen MR) is 61.8 cm³/mol. The van der Waals surface area contributed by atoms with Gasteiger partial charge in [0.2, 0.25) is 0 Å². The molecule has 0 saturated carbocycles. The number of hydrogen-bond donors (Lipinski definition) is 3. The van der Waals surface area contributed by atoms with Gasteiger partial charge in [-0.05, 0) is 18.6 Å². The first kappa shape index (κ1) is 10.4. The van der Waals surface area contributed by atoms with Crippen LogP contribution >= 0.6 is 0 Å². The van der Waals surface area contributed by atoms with Gasteiger partial charge in [0.15, 0.2) is 0 Å². The van der Waals surface area contributed by atoms with Crippen LogP contribution < -0.4 is 11.1 Å². The van der Waals surface area contributed by atoms with Crippen molar-refractivity contribution in [2.75, 3.05) is 17.6 Å². The van der Waals surface area contributed by atoms with E-state index in [0.29, 0.717) is 5.69 Å². The van der Waals surface area contributed by atoms with Gasteiger partial charge in [-0.15, -0.1) is 0 Å². The Labute approximate surface area is 93.3 Å². The van der Waals surface area contributed by atoms with E-state index in [1.165, 1.54) is 6.33 Å². The van der Waals surface area contributed by atoms with Gasteiger partial charge in [-0.3, -0.25) is 5.10 Å². The predicted octanol–water partition coefficient (Wildman–Crippen LogP) is 0.827. The summed E-state index contributed by atoms with van der Waals surface area (Å²) in [6.07, 6.45) is 5.04. The van der Waals surface area contributed by atoms with E-state index in [9.17, 15) is 0 Å². The highest BCUT2D eigenvalue weighted by molar-refractivity contribution is 5.60. The Morgan fingerprint density at radius 3 is 3.06 bits per heavy atom. The van der Waals surface area contributed by atoms with Crippen molar-refractivity contribution < 1.29 is 0 Å². The summed E-state index contributed by atoms with van der Waals surface area (Å²) in [5.74, 6) is 1.64. The molecule has 2 heterocycles. The summed E-state index contributed by atoms with van der Waals surface area (Å²) in [5.41, 5.74) is 6.41. The number of hydrogen-bond acceptors (Lipinski definition) is 5. The van der Waals surface area contributed by atoms with E-state index in [4.69, 9.17) is 5.73 Å². The van der Waals surface area contributed by atoms with E-state index in [0.717, 1.165) is 31.0 Å². The van der Waals surface area contributed by atoms with Crippen molar-refractivity contribution in [3.05, 3.63) is 30.5 Å². The van der Waals surface area contributed by atoms with Gasteiger partial charge in [-0.25, -0.2) is 9.97 Å². The van der Waals surface area contributed by atoms with Crippen LogP contribution in [0, 0.1) is 0 Å². The number of aromatic nitrogens is 4. The van der Waals surface area contributed by atoms with Crippen LogP contribution in [0.25, 0.3) is 0 Å². The highest BCUT2D eigenvalue weighted by Gasteiger charge is 1.99. The minimum atomic E-state index is 0.669. The van der Waals surface area contributed by atoms with Gasteiger partial charge in [-0.1, -0.05) is 0 Å². The number of nitrogens with two attached hydrogens (primary N) is 1. The second-order valence-electron chi connectivity index (χ2n) is 3.40. The van der Waals surface area contributed by atoms with Crippen LogP contribution in [0.1, 0.15) is 12.2 Å². The number of nitrogens with one attached hydrogen (secondary N) is 2. The molecule has 0 unspecified atom stereocenters. The number of rotatable bonds is 5. The van der Waals surface area contributed by atoms with Gasteiger partial charge in [0.1, 0.15) is 18.0 Å². The van der Waals surface area contributed by atoms with Crippen molar-refractivity contribution in [1.29, 1.82) is 0 Å². The van der Waals surface area contributed by atoms with Crippen molar-refractivity contribution in [2.45, 2.75) is 12.8 Å². The van der Waals surface area contributed by atoms with Gasteiger partial charge in [0, 0.05) is 19.2 Å². The molecule has 0 aliphatic rings. The maximum atomic E-state index is 5.74. The molecule has 6 nitrogen and oxygen atoms in total. The lowest BCUT2D eigenvalue weighted by atomic mass is 10.3. The van der Waals surface area contributed by atoms with Crippen LogP contribution in [0.4, 0.5) is 11.5 Å². The topological polar surface area (TPSA) is 92.5 Å². The van der Waals surface area contributed by atoms with Gasteiger partial charge in [0.25, 0.3) is 0 Å². The van der Waals surface area contributed by atoms with Gasteiger partial charge in [-0.2, -0.15) is 5.10 Å². The van der Waals surface area contributed by atoms with E-state index < -0.39 is 0 Å². The number of nitrogens with zero attached hydrogens (tertiary/aromatic N) is 3. The third-order valence-electron chi connectivity index (χ3n) is 2.19. The lowest BCUT2D eigenvalue weighted by Gasteiger charge is -2.06. The Morgan fingerprint density at radius 2 is 2.31 bits per heavy atom. The van der Waals surface area contributed by atoms with E-state index in [1.54, 1.807) is 6.20 Å². The minimum absolute atomic E-state index is 0.669. The van der Waals surface area contributed by atoms with Gasteiger partial charge < -0.3 is 11.1 Å². The molecular weight excluding hydrogens is 204 g/mol. The number of H-pyrrole nitrogens is 1. The lowest BCUT2D eigenvalue weighted by molar-refractivity contribution is 0.804. The molecular formula is C10H14N6. The van der Waals surface area contributed by atoms with Crippen LogP contribution in [0.3, 0.4) is 0 Å². The molecule has 0 amide bonds. The van der Waals surface area contributed by atoms with Crippen LogP contribution in [0.15, 0.2) is 24.7 Å². The van der Waals surface area contributed by atoms with E-state index in [1.807, 2.05) is 12.1 Å². The zero-order valence-corrected chi connectivity index (χ0v) is 8.85. The largest absolute Gasteiger partial charge is 0.396 e. The Morgan fingerprint density at radius 1 is 1.38 bits per heavy atom. The highest BCUT2D eigenvalue weighted by atomic mass is 15.2. The zero-order valence-electron chi connectivity index (χ0n) is 8.85. The van der Waals surface area contributed by atoms with Crippen LogP contribution in [-0.4, -0.2) is 26.7 Å². The number of pyridine rings is 1. The smallest absolute Gasteiger partial charge is 0.149 e. The van der Waals surface area contributed by atoms with Crippen LogP contribution in [0.5, 0.6) is 0 Å². The van der Waals surface area contributed by atoms with Crippen LogP contribution in [-0.2, 0) is 6.42 Å². The molecule has 4 N–H and O–H groups in total. The summed E-state index contributed by atoms with van der Waals surface area (Å²) in [4.78, 5) is 8.18. The fourth-order valence-corrected chi connectivity index (χ4v) is 1.38. The number of nitrogen functional groups attached to an aromatic ring is 1. The summed E-state index contributed by atoms with van der Waals surface area (Å²) < 4.78 is 0. The summed E-state index contributed by atoms with van der Waals surface area (Å²) in [6.45, 7) is 0.807. The Bertz CT molecular complexity index is 425. The maximum Gasteiger partial charge on any atom is 0.149 e. The average Bonchev–Trinajstić information content (AvgIpc) is 2.79.